The molecule has 0 bridgehead atoms. The first-order valence-corrected chi connectivity index (χ1v) is 7.13. The second kappa shape index (κ2) is 5.11. The van der Waals surface area contributed by atoms with Crippen LogP contribution >= 0.6 is 11.8 Å². The van der Waals surface area contributed by atoms with Gasteiger partial charge in [0.2, 0.25) is 0 Å². The minimum Gasteiger partial charge on any atom is -0.377 e. The molecular weight excluding hydrogens is 228 g/mol. The van der Waals surface area contributed by atoms with Crippen molar-refractivity contribution < 1.29 is 4.74 Å². The molecule has 1 aliphatic rings. The summed E-state index contributed by atoms with van der Waals surface area (Å²) in [4.78, 5) is 1.35. The average molecular weight is 244 g/mol. The molecule has 1 nitrogen and oxygen atoms in total. The van der Waals surface area contributed by atoms with Gasteiger partial charge in [-0.1, -0.05) is 30.3 Å². The first kappa shape index (κ1) is 11.1. The van der Waals surface area contributed by atoms with Crippen LogP contribution in [0.1, 0.15) is 12.8 Å². The largest absolute Gasteiger partial charge is 0.377 e. The van der Waals surface area contributed by atoms with Crippen LogP contribution in [0.2, 0.25) is 0 Å². The van der Waals surface area contributed by atoms with Crippen LogP contribution in [0.5, 0.6) is 0 Å². The van der Waals surface area contributed by atoms with Crippen LogP contribution in [0.4, 0.5) is 0 Å². The number of benzene rings is 2. The highest BCUT2D eigenvalue weighted by molar-refractivity contribution is 7.99. The van der Waals surface area contributed by atoms with E-state index in [2.05, 4.69) is 42.5 Å². The topological polar surface area (TPSA) is 9.23 Å². The van der Waals surface area contributed by atoms with Gasteiger partial charge in [-0.05, 0) is 35.7 Å². The van der Waals surface area contributed by atoms with E-state index in [1.165, 1.54) is 28.5 Å². The molecule has 1 aliphatic heterocycles. The molecule has 1 saturated heterocycles. The van der Waals surface area contributed by atoms with Crippen molar-refractivity contribution in [2.24, 2.45) is 0 Å². The van der Waals surface area contributed by atoms with Gasteiger partial charge >= 0.3 is 0 Å². The molecular formula is C15H16OS. The Labute approximate surface area is 106 Å². The number of fused-ring (bicyclic) bond motifs is 1. The summed E-state index contributed by atoms with van der Waals surface area (Å²) in [5.74, 6) is 1.08. The van der Waals surface area contributed by atoms with E-state index in [0.29, 0.717) is 6.10 Å². The third-order valence-electron chi connectivity index (χ3n) is 3.18. The maximum Gasteiger partial charge on any atom is 0.0669 e. The SMILES string of the molecule is c1ccc2cc(SCC3CCCO3)ccc2c1. The highest BCUT2D eigenvalue weighted by Gasteiger charge is 2.15. The summed E-state index contributed by atoms with van der Waals surface area (Å²) in [5, 5.41) is 2.64. The highest BCUT2D eigenvalue weighted by atomic mass is 32.2. The lowest BCUT2D eigenvalue weighted by Crippen LogP contribution is -2.07. The van der Waals surface area contributed by atoms with Crippen molar-refractivity contribution in [3.8, 4) is 0 Å². The molecule has 1 unspecified atom stereocenters. The maximum absolute atomic E-state index is 5.64. The van der Waals surface area contributed by atoms with E-state index < -0.39 is 0 Å². The predicted octanol–water partition coefficient (Wildman–Crippen LogP) is 4.11. The maximum atomic E-state index is 5.64. The molecule has 0 saturated carbocycles. The molecule has 2 aromatic rings. The monoisotopic (exact) mass is 244 g/mol. The molecule has 88 valence electrons. The molecule has 1 atom stereocenters. The summed E-state index contributed by atoms with van der Waals surface area (Å²) in [6.45, 7) is 0.947. The fraction of sp³-hybridized carbons (Fsp3) is 0.333. The lowest BCUT2D eigenvalue weighted by atomic mass is 10.1. The van der Waals surface area contributed by atoms with Gasteiger partial charge in [-0.2, -0.15) is 0 Å². The molecule has 0 aromatic heterocycles. The molecule has 0 radical (unpaired) electrons. The van der Waals surface area contributed by atoms with Gasteiger partial charge in [-0.3, -0.25) is 0 Å². The summed E-state index contributed by atoms with van der Waals surface area (Å²) in [6.07, 6.45) is 2.91. The Kier molecular flexibility index (Phi) is 3.34. The summed E-state index contributed by atoms with van der Waals surface area (Å²) in [6, 6.07) is 15.2. The quantitative estimate of drug-likeness (QED) is 0.751. The van der Waals surface area contributed by atoms with Gasteiger partial charge < -0.3 is 4.74 Å². The smallest absolute Gasteiger partial charge is 0.0669 e. The first-order valence-electron chi connectivity index (χ1n) is 6.15. The Morgan fingerprint density at radius 3 is 2.82 bits per heavy atom. The standard InChI is InChI=1S/C15H16OS/c1-2-5-13-10-15(8-7-12(13)4-1)17-11-14-6-3-9-16-14/h1-2,4-5,7-8,10,14H,3,6,9,11H2. The third kappa shape index (κ3) is 2.64. The van der Waals surface area contributed by atoms with Crippen molar-refractivity contribution in [1.82, 2.24) is 0 Å². The van der Waals surface area contributed by atoms with Gasteiger partial charge in [0.15, 0.2) is 0 Å². The lowest BCUT2D eigenvalue weighted by Gasteiger charge is -2.09. The molecule has 0 amide bonds. The molecule has 0 N–H and O–H groups in total. The van der Waals surface area contributed by atoms with Gasteiger partial charge in [0.1, 0.15) is 0 Å². The Morgan fingerprint density at radius 2 is 2.00 bits per heavy atom. The van der Waals surface area contributed by atoms with E-state index in [4.69, 9.17) is 4.74 Å². The number of hydrogen-bond donors (Lipinski definition) is 0. The van der Waals surface area contributed by atoms with Crippen molar-refractivity contribution in [2.45, 2.75) is 23.8 Å². The van der Waals surface area contributed by atoms with Crippen molar-refractivity contribution in [2.75, 3.05) is 12.4 Å². The second-order valence-corrected chi connectivity index (χ2v) is 5.55. The van der Waals surface area contributed by atoms with Gasteiger partial charge in [0.25, 0.3) is 0 Å². The van der Waals surface area contributed by atoms with Crippen LogP contribution in [-0.4, -0.2) is 18.5 Å². The van der Waals surface area contributed by atoms with Gasteiger partial charge in [0, 0.05) is 17.3 Å². The number of hydrogen-bond acceptors (Lipinski definition) is 2. The molecule has 17 heavy (non-hydrogen) atoms. The summed E-state index contributed by atoms with van der Waals surface area (Å²) >= 11 is 1.91. The zero-order valence-electron chi connectivity index (χ0n) is 9.76. The van der Waals surface area contributed by atoms with Crippen LogP contribution in [0.25, 0.3) is 10.8 Å². The molecule has 2 heteroatoms. The van der Waals surface area contributed by atoms with E-state index in [-0.39, 0.29) is 0 Å². The number of ether oxygens (including phenoxy) is 1. The van der Waals surface area contributed by atoms with Crippen molar-refractivity contribution in [3.05, 3.63) is 42.5 Å². The van der Waals surface area contributed by atoms with E-state index in [1.54, 1.807) is 0 Å². The number of thioether (sulfide) groups is 1. The van der Waals surface area contributed by atoms with Crippen LogP contribution < -0.4 is 0 Å². The van der Waals surface area contributed by atoms with E-state index in [1.807, 2.05) is 11.8 Å². The van der Waals surface area contributed by atoms with Crippen molar-refractivity contribution >= 4 is 22.5 Å². The zero-order valence-corrected chi connectivity index (χ0v) is 10.6. The first-order chi connectivity index (χ1) is 8.42. The predicted molar refractivity (Wildman–Crippen MR) is 73.6 cm³/mol. The van der Waals surface area contributed by atoms with Crippen LogP contribution in [-0.2, 0) is 4.74 Å². The lowest BCUT2D eigenvalue weighted by molar-refractivity contribution is 0.129. The Balaban J connectivity index is 1.72. The molecule has 0 aliphatic carbocycles. The summed E-state index contributed by atoms with van der Waals surface area (Å²) in [5.41, 5.74) is 0. The third-order valence-corrected chi connectivity index (χ3v) is 4.31. The minimum atomic E-state index is 0.464. The van der Waals surface area contributed by atoms with Crippen molar-refractivity contribution in [1.29, 1.82) is 0 Å². The van der Waals surface area contributed by atoms with E-state index in [9.17, 15) is 0 Å². The Morgan fingerprint density at radius 1 is 1.12 bits per heavy atom. The van der Waals surface area contributed by atoms with E-state index in [0.717, 1.165) is 12.4 Å². The van der Waals surface area contributed by atoms with Gasteiger partial charge in [-0.25, -0.2) is 0 Å². The normalized spacial score (nSPS) is 19.9. The van der Waals surface area contributed by atoms with E-state index >= 15 is 0 Å². The molecule has 3 rings (SSSR count). The molecule has 2 aromatic carbocycles. The summed E-state index contributed by atoms with van der Waals surface area (Å²) in [7, 11) is 0. The number of rotatable bonds is 3. The average Bonchev–Trinajstić information content (AvgIpc) is 2.89. The fourth-order valence-electron chi connectivity index (χ4n) is 2.22. The highest BCUT2D eigenvalue weighted by Crippen LogP contribution is 2.26. The van der Waals surface area contributed by atoms with Gasteiger partial charge in [0.05, 0.1) is 6.10 Å². The molecule has 1 heterocycles. The van der Waals surface area contributed by atoms with Crippen molar-refractivity contribution in [3.63, 3.8) is 0 Å². The second-order valence-electron chi connectivity index (χ2n) is 4.45. The van der Waals surface area contributed by atoms with Crippen LogP contribution in [0.3, 0.4) is 0 Å². The zero-order chi connectivity index (χ0) is 11.5. The Hall–Kier alpha value is -0.990. The molecule has 1 fully saturated rings. The Bertz CT molecular complexity index is 503. The van der Waals surface area contributed by atoms with Crippen LogP contribution in [0.15, 0.2) is 47.4 Å². The molecule has 0 spiro atoms. The van der Waals surface area contributed by atoms with Crippen LogP contribution in [0, 0.1) is 0 Å². The summed E-state index contributed by atoms with van der Waals surface area (Å²) < 4.78 is 5.64. The fourth-order valence-corrected chi connectivity index (χ4v) is 3.24. The van der Waals surface area contributed by atoms with Gasteiger partial charge in [-0.15, -0.1) is 11.8 Å². The minimum absolute atomic E-state index is 0.464.